The molecule has 1 aromatic rings. The van der Waals surface area contributed by atoms with Crippen molar-refractivity contribution in [3.63, 3.8) is 0 Å². The summed E-state index contributed by atoms with van der Waals surface area (Å²) in [4.78, 5) is 0. The Morgan fingerprint density at radius 3 is 1.31 bits per heavy atom. The largest absolute Gasteiger partial charge is 0.493 e. The predicted octanol–water partition coefficient (Wildman–Crippen LogP) is 4.88. The van der Waals surface area contributed by atoms with Crippen molar-refractivity contribution < 1.29 is 9.47 Å². The number of hydrogen-bond donors (Lipinski definition) is 2. The second-order valence-electron chi connectivity index (χ2n) is 7.19. The molecule has 1 rings (SSSR count). The Morgan fingerprint density at radius 1 is 0.577 bits per heavy atom. The summed E-state index contributed by atoms with van der Waals surface area (Å²) in [6.45, 7) is 7.36. The first-order chi connectivity index (χ1) is 12.7. The molecule has 4 nitrogen and oxygen atoms in total. The van der Waals surface area contributed by atoms with Gasteiger partial charge in [-0.05, 0) is 75.9 Å². The average molecular weight is 365 g/mol. The summed E-state index contributed by atoms with van der Waals surface area (Å²) in [7, 11) is 0. The molecule has 0 saturated heterocycles. The molecule has 0 aliphatic carbocycles. The van der Waals surface area contributed by atoms with E-state index in [1.807, 2.05) is 0 Å². The quantitative estimate of drug-likeness (QED) is 0.410. The van der Waals surface area contributed by atoms with Crippen molar-refractivity contribution in [2.45, 2.75) is 78.1 Å². The van der Waals surface area contributed by atoms with Gasteiger partial charge in [-0.1, -0.05) is 38.5 Å². The molecule has 0 amide bonds. The molecule has 0 unspecified atom stereocenters. The van der Waals surface area contributed by atoms with Crippen molar-refractivity contribution in [1.82, 2.24) is 0 Å². The summed E-state index contributed by atoms with van der Waals surface area (Å²) in [5, 5.41) is 0. The van der Waals surface area contributed by atoms with E-state index in [0.717, 1.165) is 74.6 Å². The SMILES string of the molecule is Cc1cc(OCCCCCCCN)c(C)cc1OCCCCCCCN. The zero-order chi connectivity index (χ0) is 19.0. The number of unbranched alkanes of at least 4 members (excludes halogenated alkanes) is 8. The molecule has 0 bridgehead atoms. The summed E-state index contributed by atoms with van der Waals surface area (Å²) in [5.41, 5.74) is 13.3. The average Bonchev–Trinajstić information content (AvgIpc) is 2.63. The minimum Gasteiger partial charge on any atom is -0.493 e. The van der Waals surface area contributed by atoms with E-state index in [1.54, 1.807) is 0 Å². The van der Waals surface area contributed by atoms with Gasteiger partial charge >= 0.3 is 0 Å². The van der Waals surface area contributed by atoms with Crippen molar-refractivity contribution in [3.8, 4) is 11.5 Å². The van der Waals surface area contributed by atoms with E-state index in [-0.39, 0.29) is 0 Å². The summed E-state index contributed by atoms with van der Waals surface area (Å²) in [6, 6.07) is 4.22. The highest BCUT2D eigenvalue weighted by molar-refractivity contribution is 5.45. The lowest BCUT2D eigenvalue weighted by Gasteiger charge is -2.14. The van der Waals surface area contributed by atoms with Gasteiger partial charge in [0.2, 0.25) is 0 Å². The summed E-state index contributed by atoms with van der Waals surface area (Å²) in [5.74, 6) is 1.97. The van der Waals surface area contributed by atoms with E-state index in [0.29, 0.717) is 0 Å². The van der Waals surface area contributed by atoms with Crippen LogP contribution >= 0.6 is 0 Å². The maximum Gasteiger partial charge on any atom is 0.122 e. The lowest BCUT2D eigenvalue weighted by atomic mass is 10.1. The van der Waals surface area contributed by atoms with Gasteiger partial charge in [0, 0.05) is 0 Å². The van der Waals surface area contributed by atoms with Crippen LogP contribution in [0.1, 0.15) is 75.3 Å². The highest BCUT2D eigenvalue weighted by atomic mass is 16.5. The molecular formula is C22H40N2O2. The summed E-state index contributed by atoms with van der Waals surface area (Å²) in [6.07, 6.45) is 11.9. The van der Waals surface area contributed by atoms with Gasteiger partial charge in [0.1, 0.15) is 11.5 Å². The van der Waals surface area contributed by atoms with Crippen LogP contribution in [-0.2, 0) is 0 Å². The molecule has 0 spiro atoms. The van der Waals surface area contributed by atoms with Crippen molar-refractivity contribution in [2.24, 2.45) is 11.5 Å². The van der Waals surface area contributed by atoms with Crippen LogP contribution < -0.4 is 20.9 Å². The molecule has 1 aromatic carbocycles. The van der Waals surface area contributed by atoms with E-state index in [1.165, 1.54) is 38.5 Å². The van der Waals surface area contributed by atoms with Gasteiger partial charge in [-0.2, -0.15) is 0 Å². The number of nitrogens with two attached hydrogens (primary N) is 2. The number of benzene rings is 1. The maximum absolute atomic E-state index is 5.97. The number of aryl methyl sites for hydroxylation is 2. The third-order valence-corrected chi connectivity index (χ3v) is 4.68. The molecule has 0 aliphatic rings. The lowest BCUT2D eigenvalue weighted by molar-refractivity contribution is 0.293. The Balaban J connectivity index is 2.26. The first-order valence-corrected chi connectivity index (χ1v) is 10.5. The molecule has 0 heterocycles. The fourth-order valence-electron chi connectivity index (χ4n) is 2.99. The first-order valence-electron chi connectivity index (χ1n) is 10.5. The van der Waals surface area contributed by atoms with E-state index < -0.39 is 0 Å². The van der Waals surface area contributed by atoms with Crippen LogP contribution in [0.15, 0.2) is 12.1 Å². The standard InChI is InChI=1S/C22H40N2O2/c1-19-17-22(26-16-12-8-4-6-10-14-24)20(2)18-21(19)25-15-11-7-3-5-9-13-23/h17-18H,3-16,23-24H2,1-2H3. The van der Waals surface area contributed by atoms with Gasteiger partial charge in [-0.25, -0.2) is 0 Å². The van der Waals surface area contributed by atoms with Crippen LogP contribution in [-0.4, -0.2) is 26.3 Å². The van der Waals surface area contributed by atoms with E-state index in [4.69, 9.17) is 20.9 Å². The normalized spacial score (nSPS) is 10.9. The van der Waals surface area contributed by atoms with Gasteiger partial charge in [-0.3, -0.25) is 0 Å². The lowest BCUT2D eigenvalue weighted by Crippen LogP contribution is -2.03. The van der Waals surface area contributed by atoms with Crippen molar-refractivity contribution in [1.29, 1.82) is 0 Å². The van der Waals surface area contributed by atoms with Crippen molar-refractivity contribution >= 4 is 0 Å². The molecule has 0 fully saturated rings. The zero-order valence-corrected chi connectivity index (χ0v) is 17.0. The molecule has 0 atom stereocenters. The van der Waals surface area contributed by atoms with Gasteiger partial charge in [-0.15, -0.1) is 0 Å². The van der Waals surface area contributed by atoms with Crippen LogP contribution in [0.25, 0.3) is 0 Å². The topological polar surface area (TPSA) is 70.5 Å². The number of hydrogen-bond acceptors (Lipinski definition) is 4. The molecule has 0 aromatic heterocycles. The van der Waals surface area contributed by atoms with Crippen molar-refractivity contribution in [3.05, 3.63) is 23.3 Å². The molecule has 0 saturated carbocycles. The predicted molar refractivity (Wildman–Crippen MR) is 111 cm³/mol. The molecular weight excluding hydrogens is 324 g/mol. The van der Waals surface area contributed by atoms with Gasteiger partial charge in [0.25, 0.3) is 0 Å². The third kappa shape index (κ3) is 10.0. The zero-order valence-electron chi connectivity index (χ0n) is 17.0. The Kier molecular flexibility index (Phi) is 13.0. The minimum atomic E-state index is 0.784. The Labute approximate surface area is 160 Å². The van der Waals surface area contributed by atoms with E-state index >= 15 is 0 Å². The third-order valence-electron chi connectivity index (χ3n) is 4.68. The Hall–Kier alpha value is -1.26. The van der Waals surface area contributed by atoms with Gasteiger partial charge in [0.05, 0.1) is 13.2 Å². The molecule has 0 aliphatic heterocycles. The number of rotatable bonds is 16. The van der Waals surface area contributed by atoms with Crippen LogP contribution in [0.3, 0.4) is 0 Å². The monoisotopic (exact) mass is 364 g/mol. The van der Waals surface area contributed by atoms with Gasteiger partial charge in [0.15, 0.2) is 0 Å². The van der Waals surface area contributed by atoms with Crippen LogP contribution in [0, 0.1) is 13.8 Å². The summed E-state index contributed by atoms with van der Waals surface area (Å²) >= 11 is 0. The second kappa shape index (κ2) is 14.9. The second-order valence-corrected chi connectivity index (χ2v) is 7.19. The van der Waals surface area contributed by atoms with Gasteiger partial charge < -0.3 is 20.9 Å². The highest BCUT2D eigenvalue weighted by Gasteiger charge is 2.07. The van der Waals surface area contributed by atoms with Crippen LogP contribution in [0.4, 0.5) is 0 Å². The molecule has 4 N–H and O–H groups in total. The molecule has 150 valence electrons. The Morgan fingerprint density at radius 2 is 0.923 bits per heavy atom. The van der Waals surface area contributed by atoms with E-state index in [9.17, 15) is 0 Å². The van der Waals surface area contributed by atoms with E-state index in [2.05, 4.69) is 26.0 Å². The minimum absolute atomic E-state index is 0.784. The maximum atomic E-state index is 5.97. The Bertz CT molecular complexity index is 434. The smallest absolute Gasteiger partial charge is 0.122 e. The first kappa shape index (κ1) is 22.8. The highest BCUT2D eigenvalue weighted by Crippen LogP contribution is 2.28. The molecule has 4 heteroatoms. The van der Waals surface area contributed by atoms with Crippen LogP contribution in [0.5, 0.6) is 11.5 Å². The number of ether oxygens (including phenoxy) is 2. The summed E-state index contributed by atoms with van der Waals surface area (Å²) < 4.78 is 11.9. The fraction of sp³-hybridized carbons (Fsp3) is 0.727. The molecule has 0 radical (unpaired) electrons. The van der Waals surface area contributed by atoms with Crippen LogP contribution in [0.2, 0.25) is 0 Å². The molecule has 26 heavy (non-hydrogen) atoms. The fourth-order valence-corrected chi connectivity index (χ4v) is 2.99. The van der Waals surface area contributed by atoms with Crippen molar-refractivity contribution in [2.75, 3.05) is 26.3 Å².